The van der Waals surface area contributed by atoms with Gasteiger partial charge in [-0.05, 0) is 221 Å². The zero-order valence-electron chi connectivity index (χ0n) is 49.1. The van der Waals surface area contributed by atoms with E-state index in [1.165, 1.54) is 0 Å². The Hall–Kier alpha value is -2.44. The molecule has 0 aromatic heterocycles. The second kappa shape index (κ2) is 20.1. The van der Waals surface area contributed by atoms with Gasteiger partial charge in [0.15, 0.2) is 17.4 Å². The Morgan fingerprint density at radius 2 is 1.08 bits per heavy atom. The fourth-order valence-electron chi connectivity index (χ4n) is 18.6. The van der Waals surface area contributed by atoms with E-state index in [0.29, 0.717) is 77.2 Å². The van der Waals surface area contributed by atoms with Crippen LogP contribution in [0.3, 0.4) is 0 Å². The Balaban J connectivity index is 0.000000191. The molecule has 9 aliphatic rings. The van der Waals surface area contributed by atoms with E-state index in [1.54, 1.807) is 46.8 Å². The van der Waals surface area contributed by atoms with E-state index in [9.17, 15) is 55.5 Å². The van der Waals surface area contributed by atoms with Crippen molar-refractivity contribution in [2.45, 2.75) is 268 Å². The number of ketones is 2. The number of fused-ring (bicyclic) bond motifs is 11. The van der Waals surface area contributed by atoms with E-state index in [-0.39, 0.29) is 77.5 Å². The van der Waals surface area contributed by atoms with Gasteiger partial charge in [0.1, 0.15) is 0 Å². The minimum Gasteiger partial charge on any atom is -0.390 e. The summed E-state index contributed by atoms with van der Waals surface area (Å²) in [7, 11) is 0. The van der Waals surface area contributed by atoms with Gasteiger partial charge in [-0.2, -0.15) is 0 Å². The molecule has 6 saturated carbocycles. The van der Waals surface area contributed by atoms with E-state index < -0.39 is 80.1 Å². The molecule has 1 aliphatic heterocycles. The minimum atomic E-state index is -1.43. The van der Waals surface area contributed by atoms with Gasteiger partial charge < -0.3 is 60.2 Å². The standard InChI is InChI=1S/C34H50O7.C30H48O7/c1-30(2,38)14-13-29(41-20-21-9-7-6-8-10-21)33(5,39)28-12-16-34(40)23-17-25(35)24-18-26(36)27(37)19-31(24,3)22(23)11-15-32(28,34)4;1-25(2,33)11-10-24(32)29(7,34)23-9-13-30(35)18-14-20(31)19-15-21-22(37-26(3,4)36-21)16-27(19,5)17(18)8-12-28(23,30)6/h6-10,17,22,24,26-29,36-40H,11-16,18-20H2,1-5H3;14,17,19,21-24,32-35H,8-13,15-16H2,1-7H3/t22?,24?,26-,27+,28?,29-,31?,32?,33-,34-;17?,19?,21-,22+,23?,24-,27?,28?,29-,30-/m11/s1. The van der Waals surface area contributed by atoms with Crippen LogP contribution in [0.25, 0.3) is 0 Å². The van der Waals surface area contributed by atoms with Crippen LogP contribution in [-0.4, -0.2) is 134 Å². The van der Waals surface area contributed by atoms with E-state index in [1.807, 2.05) is 65.0 Å². The van der Waals surface area contributed by atoms with Crippen LogP contribution in [0, 0.1) is 57.2 Å². The quantitative estimate of drug-likeness (QED) is 0.0919. The number of carbonyl (C=O) groups is 2. The molecule has 1 aromatic rings. The summed E-state index contributed by atoms with van der Waals surface area (Å²) in [5, 5.41) is 102. The van der Waals surface area contributed by atoms with Crippen molar-refractivity contribution in [1.82, 2.24) is 0 Å². The highest BCUT2D eigenvalue weighted by Crippen LogP contribution is 2.71. The number of benzene rings is 1. The largest absolute Gasteiger partial charge is 0.390 e. The Bertz CT molecular complexity index is 2470. The van der Waals surface area contributed by atoms with Gasteiger partial charge in [0.25, 0.3) is 0 Å². The molecular weight excluding hydrogens is 993 g/mol. The molecule has 1 heterocycles. The highest BCUT2D eigenvalue weighted by molar-refractivity contribution is 5.95. The highest BCUT2D eigenvalue weighted by Gasteiger charge is 2.72. The second-order valence-corrected chi connectivity index (χ2v) is 29.7. The van der Waals surface area contributed by atoms with Crippen molar-refractivity contribution in [3.63, 3.8) is 0 Å². The van der Waals surface area contributed by atoms with Gasteiger partial charge in [0.05, 0.1) is 76.8 Å². The van der Waals surface area contributed by atoms with Crippen LogP contribution in [0.15, 0.2) is 53.6 Å². The summed E-state index contributed by atoms with van der Waals surface area (Å²) < 4.78 is 18.8. The summed E-state index contributed by atoms with van der Waals surface area (Å²) in [5.74, 6) is -1.85. The van der Waals surface area contributed by atoms with Gasteiger partial charge in [0.2, 0.25) is 0 Å². The first-order valence-corrected chi connectivity index (χ1v) is 29.8. The molecule has 0 radical (unpaired) electrons. The number of aliphatic hydroxyl groups excluding tert-OH is 3. The molecule has 0 amide bonds. The topological polar surface area (TPSA) is 244 Å². The number of carbonyl (C=O) groups excluding carboxylic acids is 2. The second-order valence-electron chi connectivity index (χ2n) is 29.7. The average molecular weight is 1090 g/mol. The molecule has 0 spiro atoms. The lowest BCUT2D eigenvalue weighted by molar-refractivity contribution is -0.189. The summed E-state index contributed by atoms with van der Waals surface area (Å²) in [5.41, 5.74) is -6.73. The van der Waals surface area contributed by atoms with Crippen molar-refractivity contribution in [3.8, 4) is 0 Å². The van der Waals surface area contributed by atoms with Gasteiger partial charge in [-0.25, -0.2) is 0 Å². The van der Waals surface area contributed by atoms with Crippen LogP contribution in [0.2, 0.25) is 0 Å². The average Bonchev–Trinajstić information content (AvgIpc) is 3.96. The van der Waals surface area contributed by atoms with Crippen LogP contribution in [0.5, 0.6) is 0 Å². The fraction of sp³-hybridized carbons (Fsp3) is 0.812. The Kier molecular flexibility index (Phi) is 15.5. The molecule has 438 valence electrons. The smallest absolute Gasteiger partial charge is 0.163 e. The van der Waals surface area contributed by atoms with Gasteiger partial charge in [-0.15, -0.1) is 0 Å². The van der Waals surface area contributed by atoms with Crippen LogP contribution < -0.4 is 0 Å². The van der Waals surface area contributed by atoms with Gasteiger partial charge in [-0.3, -0.25) is 9.59 Å². The molecule has 14 heteroatoms. The van der Waals surface area contributed by atoms with E-state index >= 15 is 0 Å². The van der Waals surface area contributed by atoms with Crippen molar-refractivity contribution in [2.24, 2.45) is 57.2 Å². The SMILES string of the molecule is CC(C)(O)CC[C@@H](O)[C@](C)(O)C1CC[C@@]2(O)C3=CC(=O)C4C[C@H]5OC(C)(C)O[C@H]5CC4(C)C3CCC12C.CC(C)(O)CC[C@@H](OCc1ccccc1)[C@](C)(O)C1CC[C@@]2(O)C3=CC(=O)C4C[C@@H](O)[C@@H](O)CC4(C)C3CCC12C. The van der Waals surface area contributed by atoms with E-state index in [0.717, 1.165) is 36.0 Å². The van der Waals surface area contributed by atoms with Crippen LogP contribution in [0.4, 0.5) is 0 Å². The van der Waals surface area contributed by atoms with Crippen LogP contribution >= 0.6 is 0 Å². The van der Waals surface area contributed by atoms with Crippen LogP contribution in [-0.2, 0) is 30.4 Å². The molecule has 1 saturated heterocycles. The molecule has 20 atom stereocenters. The van der Waals surface area contributed by atoms with Crippen molar-refractivity contribution < 1.29 is 69.8 Å². The molecule has 10 unspecified atom stereocenters. The monoisotopic (exact) mass is 1090 g/mol. The molecule has 78 heavy (non-hydrogen) atoms. The maximum atomic E-state index is 13.6. The van der Waals surface area contributed by atoms with Crippen molar-refractivity contribution in [3.05, 3.63) is 59.2 Å². The third-order valence-corrected chi connectivity index (χ3v) is 23.1. The summed E-state index contributed by atoms with van der Waals surface area (Å²) in [6.45, 7) is 22.9. The third kappa shape index (κ3) is 10.0. The predicted molar refractivity (Wildman–Crippen MR) is 294 cm³/mol. The molecule has 7 fully saturated rings. The number of allylic oxidation sites excluding steroid dienone is 2. The third-order valence-electron chi connectivity index (χ3n) is 23.1. The van der Waals surface area contributed by atoms with Crippen LogP contribution in [0.1, 0.15) is 191 Å². The molecule has 14 nitrogen and oxygen atoms in total. The Morgan fingerprint density at radius 3 is 1.60 bits per heavy atom. The van der Waals surface area contributed by atoms with Crippen molar-refractivity contribution >= 4 is 11.6 Å². The van der Waals surface area contributed by atoms with Gasteiger partial charge in [0, 0.05) is 22.7 Å². The highest BCUT2D eigenvalue weighted by atomic mass is 16.8. The normalized spacial score (nSPS) is 44.0. The number of rotatable bonds is 13. The molecule has 9 N–H and O–H groups in total. The van der Waals surface area contributed by atoms with Gasteiger partial charge >= 0.3 is 0 Å². The molecule has 8 aliphatic carbocycles. The Labute approximate surface area is 464 Å². The lowest BCUT2D eigenvalue weighted by Crippen LogP contribution is -2.63. The number of hydrogen-bond donors (Lipinski definition) is 9. The molecule has 10 rings (SSSR count). The first-order chi connectivity index (χ1) is 35.9. The molecular formula is C64H98O14. The van der Waals surface area contributed by atoms with Crippen molar-refractivity contribution in [2.75, 3.05) is 0 Å². The summed E-state index contributed by atoms with van der Waals surface area (Å²) in [6, 6.07) is 9.83. The number of aliphatic hydroxyl groups is 9. The lowest BCUT2D eigenvalue weighted by atomic mass is 9.45. The Morgan fingerprint density at radius 1 is 0.603 bits per heavy atom. The zero-order valence-corrected chi connectivity index (χ0v) is 49.1. The first kappa shape index (κ1) is 60.2. The summed E-state index contributed by atoms with van der Waals surface area (Å²) in [4.78, 5) is 27.1. The summed E-state index contributed by atoms with van der Waals surface area (Å²) in [6.07, 6.45) is 8.27. The maximum Gasteiger partial charge on any atom is 0.163 e. The maximum absolute atomic E-state index is 13.6. The van der Waals surface area contributed by atoms with Gasteiger partial charge in [-0.1, -0.05) is 58.0 Å². The zero-order chi connectivity index (χ0) is 57.4. The molecule has 0 bridgehead atoms. The first-order valence-electron chi connectivity index (χ1n) is 29.8. The minimum absolute atomic E-state index is 0.0605. The van der Waals surface area contributed by atoms with Crippen molar-refractivity contribution in [1.29, 1.82) is 0 Å². The van der Waals surface area contributed by atoms with E-state index in [4.69, 9.17) is 14.2 Å². The molecule has 1 aromatic carbocycles. The fourth-order valence-corrected chi connectivity index (χ4v) is 18.6. The number of ether oxygens (including phenoxy) is 3. The van der Waals surface area contributed by atoms with E-state index in [2.05, 4.69) is 13.8 Å². The summed E-state index contributed by atoms with van der Waals surface area (Å²) >= 11 is 0. The predicted octanol–water partition coefficient (Wildman–Crippen LogP) is 7.73. The number of hydrogen-bond acceptors (Lipinski definition) is 14. The lowest BCUT2D eigenvalue weighted by Gasteiger charge is -2.60.